The van der Waals surface area contributed by atoms with Crippen molar-refractivity contribution >= 4 is 23.4 Å². The predicted molar refractivity (Wildman–Crippen MR) is 140 cm³/mol. The van der Waals surface area contributed by atoms with E-state index < -0.39 is 23.5 Å². The molecule has 1 N–H and O–H groups in total. The summed E-state index contributed by atoms with van der Waals surface area (Å²) in [5.74, 6) is -3.53. The Morgan fingerprint density at radius 3 is 2.22 bits per heavy atom. The van der Waals surface area contributed by atoms with E-state index in [4.69, 9.17) is 4.74 Å². The fraction of sp³-hybridized carbons (Fsp3) is 0.393. The molecule has 37 heavy (non-hydrogen) atoms. The van der Waals surface area contributed by atoms with Gasteiger partial charge in [0.1, 0.15) is 5.60 Å². The molecule has 0 fully saturated rings. The third-order valence-corrected chi connectivity index (χ3v) is 5.46. The van der Waals surface area contributed by atoms with Crippen molar-refractivity contribution in [2.45, 2.75) is 45.6 Å². The zero-order valence-electron chi connectivity index (χ0n) is 22.8. The summed E-state index contributed by atoms with van der Waals surface area (Å²) < 4.78 is 32.9. The minimum absolute atomic E-state index is 0. The largest absolute Gasteiger partial charge is 1.00 e. The molecule has 0 aliphatic carbocycles. The molecule has 2 amide bonds. The summed E-state index contributed by atoms with van der Waals surface area (Å²) in [4.78, 5) is 28.7. The van der Waals surface area contributed by atoms with E-state index in [2.05, 4.69) is 26.1 Å². The Hall–Kier alpha value is -2.53. The van der Waals surface area contributed by atoms with Crippen molar-refractivity contribution in [3.8, 4) is 0 Å². The minimum Gasteiger partial charge on any atom is -0.443 e. The monoisotopic (exact) mass is 507 g/mol. The van der Waals surface area contributed by atoms with E-state index in [-0.39, 0.29) is 35.7 Å². The van der Waals surface area contributed by atoms with Gasteiger partial charge in [-0.3, -0.25) is 9.69 Å². The van der Waals surface area contributed by atoms with E-state index in [1.165, 1.54) is 23.1 Å². The number of hydrogen-bond acceptors (Lipinski definition) is 4. The molecule has 0 aromatic heterocycles. The number of carbonyl (C=O) groups is 2. The smallest absolute Gasteiger partial charge is 0.443 e. The Balaban J connectivity index is 0.000000876. The molecular formula is C28H36F2LiN3O3-2. The number of nitrogens with zero attached hydrogens (tertiary/aromatic N) is 2. The summed E-state index contributed by atoms with van der Waals surface area (Å²) >= 11 is 0. The maximum absolute atomic E-state index is 13.7. The number of ether oxygens (including phenoxy) is 1. The Labute approximate surface area is 231 Å². The molecule has 1 aliphatic heterocycles. The summed E-state index contributed by atoms with van der Waals surface area (Å²) in [7, 11) is 1.99. The number of rotatable bonds is 5. The van der Waals surface area contributed by atoms with Crippen LogP contribution >= 0.6 is 0 Å². The molecule has 6 nitrogen and oxygen atoms in total. The second kappa shape index (κ2) is 13.3. The number of benzene rings is 2. The van der Waals surface area contributed by atoms with Gasteiger partial charge in [0.2, 0.25) is 5.92 Å². The Bertz CT molecular complexity index is 1080. The van der Waals surface area contributed by atoms with Gasteiger partial charge in [-0.1, -0.05) is 23.8 Å². The van der Waals surface area contributed by atoms with Gasteiger partial charge in [0, 0.05) is 17.8 Å². The predicted octanol–water partition coefficient (Wildman–Crippen LogP) is 3.12. The first-order chi connectivity index (χ1) is 16.7. The molecule has 1 aliphatic rings. The number of fused-ring (bicyclic) bond motifs is 1. The summed E-state index contributed by atoms with van der Waals surface area (Å²) in [6.07, 6.45) is 0.191. The zero-order valence-corrected chi connectivity index (χ0v) is 22.8. The van der Waals surface area contributed by atoms with Crippen LogP contribution in [0.3, 0.4) is 0 Å². The van der Waals surface area contributed by atoms with Gasteiger partial charge in [0.05, 0.1) is 5.69 Å². The Morgan fingerprint density at radius 1 is 1.08 bits per heavy atom. The van der Waals surface area contributed by atoms with Gasteiger partial charge in [-0.25, -0.2) is 13.6 Å². The topological polar surface area (TPSA) is 61.9 Å². The van der Waals surface area contributed by atoms with Crippen molar-refractivity contribution < 1.29 is 42.0 Å². The van der Waals surface area contributed by atoms with E-state index in [1.807, 2.05) is 11.9 Å². The first kappa shape index (κ1) is 32.5. The maximum atomic E-state index is 13.7. The molecule has 0 spiro atoms. The molecule has 0 saturated carbocycles. The van der Waals surface area contributed by atoms with Crippen LogP contribution in [-0.4, -0.2) is 49.2 Å². The molecule has 0 unspecified atom stereocenters. The van der Waals surface area contributed by atoms with Gasteiger partial charge in [-0.15, -0.1) is 13.1 Å². The van der Waals surface area contributed by atoms with Crippen LogP contribution in [0.25, 0.3) is 0 Å². The fourth-order valence-corrected chi connectivity index (χ4v) is 3.41. The van der Waals surface area contributed by atoms with Crippen LogP contribution in [0.5, 0.6) is 0 Å². The second-order valence-electron chi connectivity index (χ2n) is 9.74. The molecular weight excluding hydrogens is 471 g/mol. The zero-order chi connectivity index (χ0) is 27.3. The molecule has 2 aromatic rings. The molecule has 3 rings (SSSR count). The van der Waals surface area contributed by atoms with Crippen LogP contribution < -0.4 is 29.1 Å². The van der Waals surface area contributed by atoms with Gasteiger partial charge in [0.15, 0.2) is 0 Å². The van der Waals surface area contributed by atoms with Crippen molar-refractivity contribution in [1.82, 2.24) is 4.90 Å². The van der Waals surface area contributed by atoms with Crippen LogP contribution in [0.4, 0.5) is 25.0 Å². The number of anilines is 2. The van der Waals surface area contributed by atoms with Crippen LogP contribution in [0.15, 0.2) is 36.4 Å². The molecule has 198 valence electrons. The van der Waals surface area contributed by atoms with E-state index in [9.17, 15) is 18.4 Å². The average Bonchev–Trinajstić information content (AvgIpc) is 3.21. The average molecular weight is 508 g/mol. The Kier molecular flexibility index (Phi) is 11.7. The number of carbonyl (C=O) groups excluding carboxylic acids is 2. The number of amides is 2. The van der Waals surface area contributed by atoms with Crippen LogP contribution in [0.1, 0.15) is 54.7 Å². The van der Waals surface area contributed by atoms with E-state index in [0.29, 0.717) is 24.2 Å². The summed E-state index contributed by atoms with van der Waals surface area (Å²) in [5.41, 5.74) is 1.43. The van der Waals surface area contributed by atoms with Crippen LogP contribution in [0, 0.1) is 20.8 Å². The standard InChI is InChI=1S/C23H25F2N2O3.C5H11N.Li/c1-14-6-9-17(13-18(14)23(5,24)25)26-20(28)16-8-7-15-10-11-27(19(15)12-16)21(29)30-22(2,3)4;1-4-6(3)5-2;/h6-9,12-13H,1,10-11H2,2-5H3,(H,26,28);1-2,4-5H2,3H3;/q-1;-2;+1. The quantitative estimate of drug-likeness (QED) is 0.499. The van der Waals surface area contributed by atoms with Crippen LogP contribution in [-0.2, 0) is 17.1 Å². The summed E-state index contributed by atoms with van der Waals surface area (Å²) in [6, 6.07) is 9.25. The van der Waals surface area contributed by atoms with Crippen molar-refractivity contribution in [2.24, 2.45) is 0 Å². The van der Waals surface area contributed by atoms with Gasteiger partial charge < -0.3 is 28.8 Å². The SMILES string of the molecule is [CH2-]CN(C)C[CH2-].[CH2-]c1ccc(NC(=O)c2ccc3c(c2)N(C(=O)OC(C)(C)C)CC3)cc1C(C)(F)F.[Li+]. The van der Waals surface area contributed by atoms with Crippen molar-refractivity contribution in [3.63, 3.8) is 0 Å². The Morgan fingerprint density at radius 2 is 1.70 bits per heavy atom. The van der Waals surface area contributed by atoms with Gasteiger partial charge in [-0.2, -0.15) is 18.6 Å². The van der Waals surface area contributed by atoms with Crippen molar-refractivity contribution in [1.29, 1.82) is 0 Å². The summed E-state index contributed by atoms with van der Waals surface area (Å²) in [6.45, 7) is 19.2. The minimum atomic E-state index is -3.07. The van der Waals surface area contributed by atoms with Gasteiger partial charge >= 0.3 is 25.0 Å². The number of hydrogen-bond donors (Lipinski definition) is 1. The molecule has 1 heterocycles. The van der Waals surface area contributed by atoms with Crippen molar-refractivity contribution in [2.75, 3.05) is 36.9 Å². The first-order valence-electron chi connectivity index (χ1n) is 11.7. The molecule has 0 bridgehead atoms. The number of alkyl halides is 2. The maximum Gasteiger partial charge on any atom is 1.00 e. The third kappa shape index (κ3) is 9.37. The number of halogens is 2. The second-order valence-corrected chi connectivity index (χ2v) is 9.74. The van der Waals surface area contributed by atoms with E-state index in [1.54, 1.807) is 39.0 Å². The number of nitrogens with one attached hydrogen (secondary N) is 1. The normalized spacial score (nSPS) is 12.8. The van der Waals surface area contributed by atoms with Crippen LogP contribution in [0.2, 0.25) is 0 Å². The van der Waals surface area contributed by atoms with Gasteiger partial charge in [-0.05, 0) is 58.9 Å². The van der Waals surface area contributed by atoms with E-state index >= 15 is 0 Å². The third-order valence-electron chi connectivity index (χ3n) is 5.46. The molecule has 0 radical (unpaired) electrons. The molecule has 9 heteroatoms. The first-order valence-corrected chi connectivity index (χ1v) is 11.7. The summed E-state index contributed by atoms with van der Waals surface area (Å²) in [5, 5.41) is 2.64. The van der Waals surface area contributed by atoms with E-state index in [0.717, 1.165) is 25.6 Å². The molecule has 0 saturated heterocycles. The molecule has 0 atom stereocenters. The van der Waals surface area contributed by atoms with Crippen molar-refractivity contribution in [3.05, 3.63) is 79.4 Å². The van der Waals surface area contributed by atoms with Gasteiger partial charge in [0.25, 0.3) is 5.91 Å². The molecule has 2 aromatic carbocycles. The fourth-order valence-electron chi connectivity index (χ4n) is 3.41.